The van der Waals surface area contributed by atoms with E-state index in [2.05, 4.69) is 54.2 Å². The van der Waals surface area contributed by atoms with E-state index in [4.69, 9.17) is 4.74 Å². The minimum Gasteiger partial charge on any atom is -0.492 e. The van der Waals surface area contributed by atoms with Crippen molar-refractivity contribution in [1.29, 1.82) is 0 Å². The molecule has 0 radical (unpaired) electrons. The first-order valence-corrected chi connectivity index (χ1v) is 7.97. The third-order valence-electron chi connectivity index (χ3n) is 4.08. The molecule has 1 heterocycles. The molecule has 1 N–H and O–H groups in total. The molecule has 0 bridgehead atoms. The Morgan fingerprint density at radius 2 is 1.95 bits per heavy atom. The monoisotopic (exact) mass is 291 g/mol. The summed E-state index contributed by atoms with van der Waals surface area (Å²) in [6.07, 6.45) is 0. The van der Waals surface area contributed by atoms with Crippen molar-refractivity contribution in [3.8, 4) is 5.75 Å². The average molecular weight is 291 g/mol. The number of aryl methyl sites for hydroxylation is 2. The summed E-state index contributed by atoms with van der Waals surface area (Å²) in [6.45, 7) is 12.8. The highest BCUT2D eigenvalue weighted by Gasteiger charge is 2.10. The van der Waals surface area contributed by atoms with E-state index in [0.29, 0.717) is 0 Å². The van der Waals surface area contributed by atoms with Gasteiger partial charge in [0, 0.05) is 45.8 Å². The molecule has 4 nitrogen and oxygen atoms in total. The quantitative estimate of drug-likeness (QED) is 0.824. The maximum Gasteiger partial charge on any atom is 0.122 e. The Bertz CT molecular complexity index is 430. The minimum atomic E-state index is 0.752. The van der Waals surface area contributed by atoms with Gasteiger partial charge in [0.25, 0.3) is 0 Å². The van der Waals surface area contributed by atoms with E-state index in [1.165, 1.54) is 24.2 Å². The van der Waals surface area contributed by atoms with Gasteiger partial charge in [-0.3, -0.25) is 4.90 Å². The number of nitrogens with zero attached hydrogens (tertiary/aromatic N) is 2. The zero-order valence-corrected chi connectivity index (χ0v) is 13.7. The van der Waals surface area contributed by atoms with Crippen LogP contribution in [-0.2, 0) is 0 Å². The van der Waals surface area contributed by atoms with Gasteiger partial charge in [-0.1, -0.05) is 12.1 Å². The van der Waals surface area contributed by atoms with Gasteiger partial charge in [-0.15, -0.1) is 0 Å². The number of piperazine rings is 1. The second-order valence-electron chi connectivity index (χ2n) is 6.01. The first kappa shape index (κ1) is 16.3. The van der Waals surface area contributed by atoms with Gasteiger partial charge in [-0.05, 0) is 38.1 Å². The van der Waals surface area contributed by atoms with E-state index in [-0.39, 0.29) is 0 Å². The number of hydrogen-bond acceptors (Lipinski definition) is 4. The van der Waals surface area contributed by atoms with Crippen LogP contribution in [0.5, 0.6) is 5.75 Å². The number of rotatable bonds is 7. The van der Waals surface area contributed by atoms with Gasteiger partial charge in [0.2, 0.25) is 0 Å². The van der Waals surface area contributed by atoms with Crippen molar-refractivity contribution in [1.82, 2.24) is 15.1 Å². The van der Waals surface area contributed by atoms with Gasteiger partial charge >= 0.3 is 0 Å². The first-order valence-electron chi connectivity index (χ1n) is 7.97. The summed E-state index contributed by atoms with van der Waals surface area (Å²) in [4.78, 5) is 4.88. The van der Waals surface area contributed by atoms with Crippen LogP contribution in [0.25, 0.3) is 0 Å². The maximum atomic E-state index is 5.91. The summed E-state index contributed by atoms with van der Waals surface area (Å²) >= 11 is 0. The molecule has 0 amide bonds. The van der Waals surface area contributed by atoms with Gasteiger partial charge in [0.05, 0.1) is 0 Å². The fourth-order valence-corrected chi connectivity index (χ4v) is 2.53. The van der Waals surface area contributed by atoms with Crippen molar-refractivity contribution in [2.24, 2.45) is 0 Å². The highest BCUT2D eigenvalue weighted by molar-refractivity contribution is 5.35. The molecular formula is C17H29N3O. The van der Waals surface area contributed by atoms with Crippen LogP contribution >= 0.6 is 0 Å². The standard InChI is InChI=1S/C17H29N3O/c1-15-4-5-16(2)17(14-15)21-13-12-19(3)10-11-20-8-6-18-7-9-20/h4-5,14,18H,6-13H2,1-3H3. The Morgan fingerprint density at radius 1 is 1.19 bits per heavy atom. The number of ether oxygens (including phenoxy) is 1. The molecule has 4 heteroatoms. The third-order valence-corrected chi connectivity index (χ3v) is 4.08. The fraction of sp³-hybridized carbons (Fsp3) is 0.647. The van der Waals surface area contributed by atoms with Crippen molar-refractivity contribution in [3.05, 3.63) is 29.3 Å². The summed E-state index contributed by atoms with van der Waals surface area (Å²) in [6, 6.07) is 6.37. The molecule has 0 aromatic heterocycles. The zero-order chi connectivity index (χ0) is 15.1. The average Bonchev–Trinajstić information content (AvgIpc) is 2.50. The molecular weight excluding hydrogens is 262 g/mol. The van der Waals surface area contributed by atoms with Crippen molar-refractivity contribution >= 4 is 0 Å². The summed E-state index contributed by atoms with van der Waals surface area (Å²) in [5.41, 5.74) is 2.46. The lowest BCUT2D eigenvalue weighted by atomic mass is 10.1. The molecule has 1 aliphatic rings. The zero-order valence-electron chi connectivity index (χ0n) is 13.7. The van der Waals surface area contributed by atoms with Gasteiger partial charge in [0.1, 0.15) is 12.4 Å². The molecule has 1 aromatic rings. The molecule has 1 aromatic carbocycles. The van der Waals surface area contributed by atoms with Gasteiger partial charge in [-0.25, -0.2) is 0 Å². The van der Waals surface area contributed by atoms with Crippen LogP contribution in [0, 0.1) is 13.8 Å². The van der Waals surface area contributed by atoms with Crippen LogP contribution in [0.1, 0.15) is 11.1 Å². The molecule has 0 spiro atoms. The molecule has 118 valence electrons. The largest absolute Gasteiger partial charge is 0.492 e. The summed E-state index contributed by atoms with van der Waals surface area (Å²) in [5.74, 6) is 1.02. The number of hydrogen-bond donors (Lipinski definition) is 1. The molecule has 21 heavy (non-hydrogen) atoms. The molecule has 2 rings (SSSR count). The van der Waals surface area contributed by atoms with Crippen LogP contribution in [0.3, 0.4) is 0 Å². The number of nitrogens with one attached hydrogen (secondary N) is 1. The first-order chi connectivity index (χ1) is 10.1. The second kappa shape index (κ2) is 8.37. The highest BCUT2D eigenvalue weighted by atomic mass is 16.5. The Labute approximate surface area is 129 Å². The molecule has 0 saturated carbocycles. The summed E-state index contributed by atoms with van der Waals surface area (Å²) in [7, 11) is 2.18. The molecule has 1 saturated heterocycles. The van der Waals surface area contributed by atoms with Crippen molar-refractivity contribution in [2.75, 3.05) is 59.5 Å². The van der Waals surface area contributed by atoms with Gasteiger partial charge in [0.15, 0.2) is 0 Å². The van der Waals surface area contributed by atoms with E-state index in [9.17, 15) is 0 Å². The third kappa shape index (κ3) is 5.65. The molecule has 0 unspecified atom stereocenters. The molecule has 1 fully saturated rings. The van der Waals surface area contributed by atoms with Crippen molar-refractivity contribution in [2.45, 2.75) is 13.8 Å². The Morgan fingerprint density at radius 3 is 2.71 bits per heavy atom. The topological polar surface area (TPSA) is 27.7 Å². The number of likely N-dealkylation sites (N-methyl/N-ethyl adjacent to an activating group) is 1. The predicted octanol–water partition coefficient (Wildman–Crippen LogP) is 1.52. The van der Waals surface area contributed by atoms with E-state index < -0.39 is 0 Å². The highest BCUT2D eigenvalue weighted by Crippen LogP contribution is 2.18. The number of benzene rings is 1. The Kier molecular flexibility index (Phi) is 6.49. The van der Waals surface area contributed by atoms with E-state index >= 15 is 0 Å². The SMILES string of the molecule is Cc1ccc(C)c(OCCN(C)CCN2CCNCC2)c1. The Balaban J connectivity index is 1.64. The van der Waals surface area contributed by atoms with Crippen LogP contribution in [0.2, 0.25) is 0 Å². The molecule has 0 atom stereocenters. The van der Waals surface area contributed by atoms with E-state index in [1.807, 2.05) is 0 Å². The lowest BCUT2D eigenvalue weighted by molar-refractivity contribution is 0.186. The van der Waals surface area contributed by atoms with Gasteiger partial charge < -0.3 is 15.0 Å². The minimum absolute atomic E-state index is 0.752. The fourth-order valence-electron chi connectivity index (χ4n) is 2.53. The second-order valence-corrected chi connectivity index (χ2v) is 6.01. The van der Waals surface area contributed by atoms with E-state index in [1.54, 1.807) is 0 Å². The van der Waals surface area contributed by atoms with Crippen LogP contribution in [0.4, 0.5) is 0 Å². The molecule has 0 aliphatic carbocycles. The Hall–Kier alpha value is -1.10. The van der Waals surface area contributed by atoms with Gasteiger partial charge in [-0.2, -0.15) is 0 Å². The normalized spacial score (nSPS) is 16.4. The van der Waals surface area contributed by atoms with Crippen molar-refractivity contribution in [3.63, 3.8) is 0 Å². The smallest absolute Gasteiger partial charge is 0.122 e. The lowest BCUT2D eigenvalue weighted by Crippen LogP contribution is -2.46. The van der Waals surface area contributed by atoms with Crippen LogP contribution < -0.4 is 10.1 Å². The van der Waals surface area contributed by atoms with Crippen molar-refractivity contribution < 1.29 is 4.74 Å². The summed E-state index contributed by atoms with van der Waals surface area (Å²) in [5, 5.41) is 3.39. The van der Waals surface area contributed by atoms with Crippen LogP contribution in [0.15, 0.2) is 18.2 Å². The molecule has 1 aliphatic heterocycles. The van der Waals surface area contributed by atoms with E-state index in [0.717, 1.165) is 45.1 Å². The lowest BCUT2D eigenvalue weighted by Gasteiger charge is -2.29. The summed E-state index contributed by atoms with van der Waals surface area (Å²) < 4.78 is 5.91. The maximum absolute atomic E-state index is 5.91. The van der Waals surface area contributed by atoms with Crippen LogP contribution in [-0.4, -0.2) is 69.3 Å². The predicted molar refractivity (Wildman–Crippen MR) is 88.2 cm³/mol.